The van der Waals surface area contributed by atoms with E-state index in [1.807, 2.05) is 48.6 Å². The van der Waals surface area contributed by atoms with Gasteiger partial charge in [0.1, 0.15) is 11.5 Å². The predicted molar refractivity (Wildman–Crippen MR) is 194 cm³/mol. The van der Waals surface area contributed by atoms with E-state index in [-0.39, 0.29) is 33.2 Å². The Morgan fingerprint density at radius 2 is 0.787 bits per heavy atom. The molecule has 2 aliphatic rings. The Morgan fingerprint density at radius 1 is 0.489 bits per heavy atom. The third-order valence-electron chi connectivity index (χ3n) is 8.62. The molecule has 5 heteroatoms. The van der Waals surface area contributed by atoms with Gasteiger partial charge in [0.2, 0.25) is 0 Å². The van der Waals surface area contributed by atoms with E-state index in [1.54, 1.807) is 23.9 Å². The zero-order valence-electron chi connectivity index (χ0n) is 30.0. The zero-order chi connectivity index (χ0) is 34.7. The van der Waals surface area contributed by atoms with Crippen molar-refractivity contribution in [2.75, 3.05) is 0 Å². The van der Waals surface area contributed by atoms with E-state index >= 15 is 0 Å². The minimum Gasteiger partial charge on any atom is -0.464 e. The van der Waals surface area contributed by atoms with Crippen molar-refractivity contribution in [1.82, 2.24) is 0 Å². The van der Waals surface area contributed by atoms with Crippen LogP contribution in [0, 0.1) is 21.7 Å². The molecule has 0 saturated heterocycles. The maximum Gasteiger partial charge on any atom is 0.186 e. The Morgan fingerprint density at radius 3 is 1.02 bits per heavy atom. The van der Waals surface area contributed by atoms with Crippen molar-refractivity contribution in [3.8, 4) is 0 Å². The smallest absolute Gasteiger partial charge is 0.186 e. The highest BCUT2D eigenvalue weighted by Gasteiger charge is 2.37. The Kier molecular flexibility index (Phi) is 8.73. The largest absolute Gasteiger partial charge is 0.464 e. The summed E-state index contributed by atoms with van der Waals surface area (Å²) in [6.45, 7) is 25.1. The van der Waals surface area contributed by atoms with Crippen LogP contribution in [0.25, 0.3) is 11.1 Å². The first-order valence-electron chi connectivity index (χ1n) is 16.3. The average Bonchev–Trinajstić information content (AvgIpc) is 3.72. The average molecular weight is 649 g/mol. The molecule has 47 heavy (non-hydrogen) atoms. The van der Waals surface area contributed by atoms with Gasteiger partial charge in [-0.25, -0.2) is 0 Å². The van der Waals surface area contributed by atoms with Gasteiger partial charge in [0, 0.05) is 43.2 Å². The fourth-order valence-corrected chi connectivity index (χ4v) is 7.18. The van der Waals surface area contributed by atoms with E-state index in [2.05, 4.69) is 95.2 Å². The number of thiophene rings is 1. The molecule has 0 radical (unpaired) electrons. The molecule has 3 heterocycles. The summed E-state index contributed by atoms with van der Waals surface area (Å²) in [7, 11) is 0. The van der Waals surface area contributed by atoms with Gasteiger partial charge in [0.25, 0.3) is 0 Å². The number of hydrogen-bond acceptors (Lipinski definition) is 5. The summed E-state index contributed by atoms with van der Waals surface area (Å²) < 4.78 is 12.1. The van der Waals surface area contributed by atoms with E-state index in [1.165, 1.54) is 0 Å². The minimum absolute atomic E-state index is 0.0963. The molecule has 0 fully saturated rings. The lowest BCUT2D eigenvalue weighted by Crippen LogP contribution is -2.28. The normalized spacial score (nSPS) is 16.6. The van der Waals surface area contributed by atoms with E-state index in [0.29, 0.717) is 0 Å². The number of rotatable bonds is 4. The molecule has 0 spiro atoms. The molecule has 0 atom stereocenters. The number of furan rings is 2. The fourth-order valence-electron chi connectivity index (χ4n) is 6.03. The monoisotopic (exact) mass is 648 g/mol. The number of hydrogen-bond donors (Lipinski definition) is 0. The van der Waals surface area contributed by atoms with Crippen molar-refractivity contribution in [1.29, 1.82) is 0 Å². The van der Waals surface area contributed by atoms with Crippen LogP contribution in [0.2, 0.25) is 0 Å². The second-order valence-corrected chi connectivity index (χ2v) is 17.8. The maximum atomic E-state index is 13.8. The predicted octanol–water partition coefficient (Wildman–Crippen LogP) is 11.6. The molecule has 0 amide bonds. The summed E-state index contributed by atoms with van der Waals surface area (Å²) in [5.74, 6) is 1.66. The molecule has 0 saturated carbocycles. The summed E-state index contributed by atoms with van der Waals surface area (Å²) in [5.41, 5.74) is 5.52. The van der Waals surface area contributed by atoms with Gasteiger partial charge in [-0.3, -0.25) is 9.59 Å². The van der Waals surface area contributed by atoms with Crippen LogP contribution in [0.15, 0.2) is 116 Å². The van der Waals surface area contributed by atoms with Gasteiger partial charge in [-0.15, -0.1) is 11.3 Å². The van der Waals surface area contributed by atoms with Crippen LogP contribution in [0.5, 0.6) is 0 Å². The molecule has 0 aromatic carbocycles. The van der Waals surface area contributed by atoms with Gasteiger partial charge in [-0.05, 0) is 93.5 Å². The van der Waals surface area contributed by atoms with Crippen molar-refractivity contribution in [3.05, 3.63) is 128 Å². The van der Waals surface area contributed by atoms with Crippen molar-refractivity contribution in [2.24, 2.45) is 21.7 Å². The Balaban J connectivity index is 1.82. The first-order chi connectivity index (χ1) is 21.7. The third-order valence-corrected chi connectivity index (χ3v) is 9.74. The van der Waals surface area contributed by atoms with Crippen LogP contribution in [0.3, 0.4) is 0 Å². The lowest BCUT2D eigenvalue weighted by molar-refractivity contribution is -0.114. The van der Waals surface area contributed by atoms with Crippen molar-refractivity contribution in [3.63, 3.8) is 0 Å². The summed E-state index contributed by atoms with van der Waals surface area (Å²) in [5, 5.41) is 0. The summed E-state index contributed by atoms with van der Waals surface area (Å²) in [6, 6.07) is 12.0. The standard InChI is InChI=1S/C42H48O4S/c1-39(2,3)27-21-25(22-28(37(27)43)40(4,5)6)35(31-15-13-19-45-31)33-17-18-34(47-33)36(32-16-14-20-46-32)26-23-29(41(7,8)9)38(44)30(24-26)42(10,11)12/h13-24H,1-12H3. The topological polar surface area (TPSA) is 60.4 Å². The highest BCUT2D eigenvalue weighted by atomic mass is 32.1. The molecule has 0 bridgehead atoms. The molecule has 246 valence electrons. The van der Waals surface area contributed by atoms with Crippen LogP contribution in [-0.4, -0.2) is 11.6 Å². The van der Waals surface area contributed by atoms with E-state index in [9.17, 15) is 9.59 Å². The summed E-state index contributed by atoms with van der Waals surface area (Å²) in [4.78, 5) is 29.6. The van der Waals surface area contributed by atoms with E-state index in [4.69, 9.17) is 8.83 Å². The van der Waals surface area contributed by atoms with E-state index in [0.717, 1.165) is 65.9 Å². The highest BCUT2D eigenvalue weighted by Crippen LogP contribution is 2.46. The molecule has 2 aliphatic carbocycles. The molecule has 0 unspecified atom stereocenters. The van der Waals surface area contributed by atoms with E-state index < -0.39 is 0 Å². The lowest BCUT2D eigenvalue weighted by Gasteiger charge is -2.32. The lowest BCUT2D eigenvalue weighted by atomic mass is 9.71. The number of ketones is 2. The van der Waals surface area contributed by atoms with Crippen LogP contribution < -0.4 is 0 Å². The second kappa shape index (κ2) is 11.9. The summed E-state index contributed by atoms with van der Waals surface area (Å²) >= 11 is 1.65. The van der Waals surface area contributed by atoms with Crippen LogP contribution in [-0.2, 0) is 9.59 Å². The second-order valence-electron chi connectivity index (χ2n) is 16.7. The SMILES string of the molecule is CC(C)(C)C1=CC(=C(c2ccco2)c2ccc(C(=C3C=C(C(C)(C)C)C(=O)C(C(C)(C)C)=C3)c3ccco3)s2)C=C(C(C)(C)C)C1=O. The van der Waals surface area contributed by atoms with Gasteiger partial charge in [0.05, 0.1) is 12.5 Å². The van der Waals surface area contributed by atoms with Crippen molar-refractivity contribution >= 4 is 34.0 Å². The molecular weight excluding hydrogens is 601 g/mol. The van der Waals surface area contributed by atoms with Gasteiger partial charge < -0.3 is 8.83 Å². The van der Waals surface area contributed by atoms with Crippen LogP contribution >= 0.6 is 11.3 Å². The Hall–Kier alpha value is -3.96. The third kappa shape index (κ3) is 6.87. The fraction of sp³-hybridized carbons (Fsp3) is 0.381. The number of Topliss-reactive ketones (excluding diaryl/α,β-unsaturated/α-hetero) is 2. The molecule has 5 rings (SSSR count). The Labute approximate surface area is 284 Å². The molecule has 3 aromatic rings. The van der Waals surface area contributed by atoms with Crippen molar-refractivity contribution in [2.45, 2.75) is 83.1 Å². The summed E-state index contributed by atoms with van der Waals surface area (Å²) in [6.07, 6.45) is 11.6. The van der Waals surface area contributed by atoms with Crippen LogP contribution in [0.4, 0.5) is 0 Å². The molecular formula is C42H48O4S. The number of allylic oxidation sites excluding steroid dienone is 10. The van der Waals surface area contributed by atoms with Crippen molar-refractivity contribution < 1.29 is 18.4 Å². The number of carbonyl (C=O) groups excluding carboxylic acids is 2. The molecule has 0 aliphatic heterocycles. The quantitative estimate of drug-likeness (QED) is 0.282. The molecule has 0 N–H and O–H groups in total. The minimum atomic E-state index is -0.342. The first kappa shape index (κ1) is 34.4. The van der Waals surface area contributed by atoms with Gasteiger partial charge >= 0.3 is 0 Å². The first-order valence-corrected chi connectivity index (χ1v) is 17.1. The highest BCUT2D eigenvalue weighted by molar-refractivity contribution is 7.14. The zero-order valence-corrected chi connectivity index (χ0v) is 30.8. The van der Waals surface area contributed by atoms with Crippen LogP contribution in [0.1, 0.15) is 104 Å². The number of carbonyl (C=O) groups is 2. The van der Waals surface area contributed by atoms with Gasteiger partial charge in [-0.1, -0.05) is 83.1 Å². The maximum absolute atomic E-state index is 13.8. The molecule has 3 aromatic heterocycles. The molecule has 4 nitrogen and oxygen atoms in total. The van der Waals surface area contributed by atoms with Gasteiger partial charge in [0.15, 0.2) is 11.6 Å². The van der Waals surface area contributed by atoms with Gasteiger partial charge in [-0.2, -0.15) is 0 Å². The Bertz CT molecular complexity index is 1680.